The highest BCUT2D eigenvalue weighted by Crippen LogP contribution is 2.35. The molecule has 1 aliphatic carbocycles. The van der Waals surface area contributed by atoms with E-state index in [2.05, 4.69) is 0 Å². The second-order valence-corrected chi connectivity index (χ2v) is 8.06. The largest absolute Gasteiger partial charge is 0.465 e. The molecule has 3 atom stereocenters. The second kappa shape index (κ2) is 5.96. The monoisotopic (exact) mass is 329 g/mol. The van der Waals surface area contributed by atoms with Crippen LogP contribution in [0.25, 0.3) is 0 Å². The lowest BCUT2D eigenvalue weighted by Gasteiger charge is -2.38. The third-order valence-corrected chi connectivity index (χ3v) is 6.75. The average molecular weight is 329 g/mol. The molecule has 2 aliphatic rings. The molecule has 0 radical (unpaired) electrons. The van der Waals surface area contributed by atoms with Gasteiger partial charge in [-0.1, -0.05) is 6.42 Å². The third kappa shape index (κ3) is 2.71. The number of sulfonamides is 1. The highest BCUT2D eigenvalue weighted by Gasteiger charge is 2.43. The van der Waals surface area contributed by atoms with E-state index in [-0.39, 0.29) is 16.9 Å². The van der Waals surface area contributed by atoms with Crippen molar-refractivity contribution in [3.8, 4) is 0 Å². The molecule has 1 N–H and O–H groups in total. The Morgan fingerprint density at radius 3 is 2.68 bits per heavy atom. The molecule has 0 amide bonds. The molecule has 22 heavy (non-hydrogen) atoms. The van der Waals surface area contributed by atoms with Gasteiger partial charge in [-0.25, -0.2) is 8.42 Å². The van der Waals surface area contributed by atoms with Crippen LogP contribution in [0.2, 0.25) is 0 Å². The molecule has 6 nitrogen and oxygen atoms in total. The minimum Gasteiger partial charge on any atom is -0.465 e. The standard InChI is InChI=1S/C15H23NO5S/c1-10-8-15(11(2)21-10)22(18,19)16-6-7-20-9-13(16)12-4-3-5-14(12)17/h8,12-14,17H,3-7,9H2,1-2H3/t12-,13-,14-/m1/s1. The fraction of sp³-hybridized carbons (Fsp3) is 0.733. The highest BCUT2D eigenvalue weighted by atomic mass is 32.2. The van der Waals surface area contributed by atoms with Crippen LogP contribution in [-0.4, -0.2) is 49.7 Å². The molecule has 7 heteroatoms. The van der Waals surface area contributed by atoms with Gasteiger partial charge in [0, 0.05) is 12.5 Å². The van der Waals surface area contributed by atoms with E-state index in [1.54, 1.807) is 19.9 Å². The molecule has 1 saturated carbocycles. The van der Waals surface area contributed by atoms with Gasteiger partial charge in [0.05, 0.1) is 25.4 Å². The van der Waals surface area contributed by atoms with E-state index < -0.39 is 16.1 Å². The zero-order valence-corrected chi connectivity index (χ0v) is 13.8. The number of aliphatic hydroxyl groups excluding tert-OH is 1. The molecule has 3 rings (SSSR count). The lowest BCUT2D eigenvalue weighted by Crippen LogP contribution is -2.53. The number of hydrogen-bond acceptors (Lipinski definition) is 5. The van der Waals surface area contributed by atoms with Gasteiger partial charge in [0.15, 0.2) is 0 Å². The summed E-state index contributed by atoms with van der Waals surface area (Å²) < 4.78 is 38.4. The van der Waals surface area contributed by atoms with Crippen molar-refractivity contribution in [1.29, 1.82) is 0 Å². The van der Waals surface area contributed by atoms with E-state index in [0.717, 1.165) is 19.3 Å². The number of rotatable bonds is 3. The van der Waals surface area contributed by atoms with Crippen LogP contribution in [-0.2, 0) is 14.8 Å². The van der Waals surface area contributed by atoms with Gasteiger partial charge in [0.1, 0.15) is 16.4 Å². The van der Waals surface area contributed by atoms with Crippen molar-refractivity contribution in [2.75, 3.05) is 19.8 Å². The zero-order chi connectivity index (χ0) is 15.9. The first-order valence-corrected chi connectivity index (χ1v) is 9.20. The van der Waals surface area contributed by atoms with E-state index in [9.17, 15) is 13.5 Å². The van der Waals surface area contributed by atoms with Gasteiger partial charge >= 0.3 is 0 Å². The van der Waals surface area contributed by atoms with Crippen molar-refractivity contribution in [3.05, 3.63) is 17.6 Å². The van der Waals surface area contributed by atoms with Gasteiger partial charge < -0.3 is 14.3 Å². The summed E-state index contributed by atoms with van der Waals surface area (Å²) in [5.41, 5.74) is 0. The molecule has 1 saturated heterocycles. The molecule has 1 aromatic heterocycles. The maximum Gasteiger partial charge on any atom is 0.246 e. The Morgan fingerprint density at radius 1 is 1.32 bits per heavy atom. The van der Waals surface area contributed by atoms with E-state index in [1.807, 2.05) is 0 Å². The molecule has 1 aliphatic heterocycles. The summed E-state index contributed by atoms with van der Waals surface area (Å²) in [5.74, 6) is 0.944. The van der Waals surface area contributed by atoms with Crippen LogP contribution in [0.15, 0.2) is 15.4 Å². The van der Waals surface area contributed by atoms with Gasteiger partial charge in [0.25, 0.3) is 0 Å². The summed E-state index contributed by atoms with van der Waals surface area (Å²) in [6.45, 7) is 4.45. The summed E-state index contributed by atoms with van der Waals surface area (Å²) in [4.78, 5) is 0.226. The van der Waals surface area contributed by atoms with Crippen LogP contribution in [0.3, 0.4) is 0 Å². The van der Waals surface area contributed by atoms with Gasteiger partial charge in [-0.15, -0.1) is 0 Å². The molecule has 0 unspecified atom stereocenters. The van der Waals surface area contributed by atoms with Crippen molar-refractivity contribution in [2.24, 2.45) is 5.92 Å². The smallest absolute Gasteiger partial charge is 0.246 e. The number of aryl methyl sites for hydroxylation is 2. The Balaban J connectivity index is 1.94. The van der Waals surface area contributed by atoms with E-state index in [1.165, 1.54) is 4.31 Å². The topological polar surface area (TPSA) is 80.0 Å². The van der Waals surface area contributed by atoms with Crippen molar-refractivity contribution in [1.82, 2.24) is 4.31 Å². The van der Waals surface area contributed by atoms with Gasteiger partial charge in [-0.3, -0.25) is 0 Å². The number of hydrogen-bond donors (Lipinski definition) is 1. The predicted octanol–water partition coefficient (Wildman–Crippen LogP) is 1.45. The summed E-state index contributed by atoms with van der Waals surface area (Å²) in [6.07, 6.45) is 2.06. The number of morpholine rings is 1. The minimum atomic E-state index is -3.63. The molecule has 124 valence electrons. The van der Waals surface area contributed by atoms with Crippen LogP contribution in [0.5, 0.6) is 0 Å². The van der Waals surface area contributed by atoms with Gasteiger partial charge in [-0.05, 0) is 32.8 Å². The minimum absolute atomic E-state index is 0.0524. The predicted molar refractivity (Wildman–Crippen MR) is 80.0 cm³/mol. The van der Waals surface area contributed by atoms with Crippen LogP contribution >= 0.6 is 0 Å². The summed E-state index contributed by atoms with van der Waals surface area (Å²) in [5, 5.41) is 10.2. The number of ether oxygens (including phenoxy) is 1. The van der Waals surface area contributed by atoms with Crippen molar-refractivity contribution in [2.45, 2.75) is 50.2 Å². The van der Waals surface area contributed by atoms with Crippen LogP contribution in [0.4, 0.5) is 0 Å². The lowest BCUT2D eigenvalue weighted by atomic mass is 9.96. The van der Waals surface area contributed by atoms with Crippen LogP contribution in [0, 0.1) is 19.8 Å². The van der Waals surface area contributed by atoms with Crippen molar-refractivity contribution >= 4 is 10.0 Å². The Labute approximate surface area is 131 Å². The maximum absolute atomic E-state index is 13.0. The molecule has 1 aromatic rings. The molecular weight excluding hydrogens is 306 g/mol. The fourth-order valence-electron chi connectivity index (χ4n) is 3.65. The maximum atomic E-state index is 13.0. The van der Waals surface area contributed by atoms with Crippen LogP contribution in [0.1, 0.15) is 30.8 Å². The Bertz CT molecular complexity index is 638. The fourth-order valence-corrected chi connectivity index (χ4v) is 5.51. The van der Waals surface area contributed by atoms with Crippen LogP contribution < -0.4 is 0 Å². The Hall–Kier alpha value is -0.890. The van der Waals surface area contributed by atoms with Gasteiger partial charge in [-0.2, -0.15) is 4.31 Å². The molecule has 0 spiro atoms. The van der Waals surface area contributed by atoms with Crippen molar-refractivity contribution in [3.63, 3.8) is 0 Å². The first kappa shape index (κ1) is 16.0. The highest BCUT2D eigenvalue weighted by molar-refractivity contribution is 7.89. The molecule has 2 fully saturated rings. The van der Waals surface area contributed by atoms with E-state index >= 15 is 0 Å². The summed E-state index contributed by atoms with van der Waals surface area (Å²) in [7, 11) is -3.63. The summed E-state index contributed by atoms with van der Waals surface area (Å²) >= 11 is 0. The third-order valence-electron chi connectivity index (χ3n) is 4.72. The van der Waals surface area contributed by atoms with Crippen molar-refractivity contribution < 1.29 is 22.7 Å². The quantitative estimate of drug-likeness (QED) is 0.908. The van der Waals surface area contributed by atoms with E-state index in [4.69, 9.17) is 9.15 Å². The Morgan fingerprint density at radius 2 is 2.09 bits per heavy atom. The first-order chi connectivity index (χ1) is 10.4. The zero-order valence-electron chi connectivity index (χ0n) is 13.0. The van der Waals surface area contributed by atoms with Gasteiger partial charge in [0.2, 0.25) is 10.0 Å². The number of nitrogens with zero attached hydrogens (tertiary/aromatic N) is 1. The molecule has 0 bridgehead atoms. The number of aliphatic hydroxyl groups is 1. The molecular formula is C15H23NO5S. The summed E-state index contributed by atoms with van der Waals surface area (Å²) in [6, 6.07) is 1.27. The average Bonchev–Trinajstić information content (AvgIpc) is 3.04. The first-order valence-electron chi connectivity index (χ1n) is 7.76. The lowest BCUT2D eigenvalue weighted by molar-refractivity contribution is -0.0148. The molecule has 0 aromatic carbocycles. The molecule has 2 heterocycles. The normalized spacial score (nSPS) is 30.8. The van der Waals surface area contributed by atoms with E-state index in [0.29, 0.717) is 31.3 Å². The SMILES string of the molecule is Cc1cc(S(=O)(=O)N2CCOC[C@@H]2[C@H]2CCC[C@H]2O)c(C)o1. The second-order valence-electron chi connectivity index (χ2n) is 6.20. The number of furan rings is 1. The Kier molecular flexibility index (Phi) is 4.33.